The Bertz CT molecular complexity index is 733. The molecule has 0 aliphatic carbocycles. The van der Waals surface area contributed by atoms with Crippen LogP contribution in [0.25, 0.3) is 10.4 Å². The Kier molecular flexibility index (Phi) is 4.18. The van der Waals surface area contributed by atoms with Crippen molar-refractivity contribution in [2.45, 2.75) is 0 Å². The predicted octanol–water partition coefficient (Wildman–Crippen LogP) is 5.43. The van der Waals surface area contributed by atoms with Crippen LogP contribution < -0.4 is 5.32 Å². The normalized spacial score (nSPS) is 10.3. The molecule has 0 bridgehead atoms. The van der Waals surface area contributed by atoms with Crippen molar-refractivity contribution in [2.24, 2.45) is 0 Å². The van der Waals surface area contributed by atoms with Crippen LogP contribution in [-0.2, 0) is 0 Å². The molecule has 0 unspecified atom stereocenters. The van der Waals surface area contributed by atoms with E-state index in [4.69, 9.17) is 0 Å². The van der Waals surface area contributed by atoms with E-state index in [9.17, 15) is 4.79 Å². The number of carbonyl (C=O) groups is 1. The molecular formula is C17H12BrNOS. The van der Waals surface area contributed by atoms with Gasteiger partial charge >= 0.3 is 0 Å². The van der Waals surface area contributed by atoms with Crippen molar-refractivity contribution < 1.29 is 4.79 Å². The van der Waals surface area contributed by atoms with Crippen LogP contribution in [0.2, 0.25) is 0 Å². The quantitative estimate of drug-likeness (QED) is 0.665. The molecule has 1 amide bonds. The summed E-state index contributed by atoms with van der Waals surface area (Å²) in [5.41, 5.74) is 2.56. The monoisotopic (exact) mass is 357 g/mol. The first-order valence-corrected chi connectivity index (χ1v) is 8.10. The Morgan fingerprint density at radius 3 is 2.29 bits per heavy atom. The third-order valence-corrected chi connectivity index (χ3v) is 4.50. The number of thiophene rings is 1. The van der Waals surface area contributed by atoms with Gasteiger partial charge in [-0.15, -0.1) is 11.3 Å². The SMILES string of the molecule is O=C(Nc1ccc(Br)cc1)c1ccc(-c2cccs2)cc1. The van der Waals surface area contributed by atoms with E-state index in [-0.39, 0.29) is 5.91 Å². The van der Waals surface area contributed by atoms with E-state index in [0.717, 1.165) is 15.7 Å². The number of hydrogen-bond acceptors (Lipinski definition) is 2. The lowest BCUT2D eigenvalue weighted by Gasteiger charge is -2.06. The van der Waals surface area contributed by atoms with Gasteiger partial charge < -0.3 is 5.32 Å². The number of carbonyl (C=O) groups excluding carboxylic acids is 1. The molecule has 2 aromatic carbocycles. The molecule has 0 aliphatic heterocycles. The molecule has 1 aromatic heterocycles. The Balaban J connectivity index is 1.74. The van der Waals surface area contributed by atoms with Crippen LogP contribution in [0.4, 0.5) is 5.69 Å². The molecule has 0 radical (unpaired) electrons. The Labute approximate surface area is 135 Å². The van der Waals surface area contributed by atoms with Gasteiger partial charge in [-0.1, -0.05) is 34.1 Å². The van der Waals surface area contributed by atoms with Gasteiger partial charge in [0.15, 0.2) is 0 Å². The van der Waals surface area contributed by atoms with Crippen molar-refractivity contribution >= 4 is 38.9 Å². The molecule has 2 nitrogen and oxygen atoms in total. The molecule has 0 atom stereocenters. The minimum atomic E-state index is -0.102. The van der Waals surface area contributed by atoms with Crippen molar-refractivity contribution in [2.75, 3.05) is 5.32 Å². The second-order valence-electron chi connectivity index (χ2n) is 4.52. The number of hydrogen-bond donors (Lipinski definition) is 1. The van der Waals surface area contributed by atoms with Crippen molar-refractivity contribution in [3.05, 3.63) is 76.1 Å². The number of halogens is 1. The van der Waals surface area contributed by atoms with Gasteiger partial charge in [-0.05, 0) is 53.4 Å². The first-order chi connectivity index (χ1) is 10.2. The molecule has 104 valence electrons. The van der Waals surface area contributed by atoms with E-state index >= 15 is 0 Å². The van der Waals surface area contributed by atoms with Crippen LogP contribution in [0.1, 0.15) is 10.4 Å². The highest BCUT2D eigenvalue weighted by Gasteiger charge is 2.06. The minimum absolute atomic E-state index is 0.102. The van der Waals surface area contributed by atoms with Gasteiger partial charge in [-0.3, -0.25) is 4.79 Å². The fourth-order valence-corrected chi connectivity index (χ4v) is 2.96. The van der Waals surface area contributed by atoms with E-state index in [1.807, 2.05) is 60.0 Å². The highest BCUT2D eigenvalue weighted by molar-refractivity contribution is 9.10. The van der Waals surface area contributed by atoms with E-state index in [1.165, 1.54) is 4.88 Å². The van der Waals surface area contributed by atoms with E-state index in [0.29, 0.717) is 5.56 Å². The van der Waals surface area contributed by atoms with Crippen molar-refractivity contribution in [1.29, 1.82) is 0 Å². The zero-order valence-corrected chi connectivity index (χ0v) is 13.4. The van der Waals surface area contributed by atoms with E-state index < -0.39 is 0 Å². The van der Waals surface area contributed by atoms with Crippen LogP contribution >= 0.6 is 27.3 Å². The number of benzene rings is 2. The number of nitrogens with one attached hydrogen (secondary N) is 1. The third kappa shape index (κ3) is 3.40. The molecule has 1 N–H and O–H groups in total. The summed E-state index contributed by atoms with van der Waals surface area (Å²) in [6.45, 7) is 0. The lowest BCUT2D eigenvalue weighted by molar-refractivity contribution is 0.102. The Morgan fingerprint density at radius 1 is 0.952 bits per heavy atom. The van der Waals surface area contributed by atoms with Crippen LogP contribution in [-0.4, -0.2) is 5.91 Å². The van der Waals surface area contributed by atoms with Crippen LogP contribution in [0, 0.1) is 0 Å². The average molecular weight is 358 g/mol. The summed E-state index contributed by atoms with van der Waals surface area (Å²) in [6, 6.07) is 19.3. The zero-order chi connectivity index (χ0) is 14.7. The zero-order valence-electron chi connectivity index (χ0n) is 11.0. The topological polar surface area (TPSA) is 29.1 Å². The van der Waals surface area contributed by atoms with Gasteiger partial charge in [0.2, 0.25) is 0 Å². The maximum Gasteiger partial charge on any atom is 0.255 e. The molecule has 3 rings (SSSR count). The molecule has 0 aliphatic rings. The largest absolute Gasteiger partial charge is 0.322 e. The van der Waals surface area contributed by atoms with Crippen LogP contribution in [0.15, 0.2) is 70.5 Å². The summed E-state index contributed by atoms with van der Waals surface area (Å²) in [7, 11) is 0. The second kappa shape index (κ2) is 6.24. The Hall–Kier alpha value is -1.91. The first-order valence-electron chi connectivity index (χ1n) is 6.43. The van der Waals surface area contributed by atoms with Crippen molar-refractivity contribution in [3.8, 4) is 10.4 Å². The molecule has 0 spiro atoms. The summed E-state index contributed by atoms with van der Waals surface area (Å²) in [4.78, 5) is 13.4. The first kappa shape index (κ1) is 14.0. The van der Waals surface area contributed by atoms with Crippen molar-refractivity contribution in [1.82, 2.24) is 0 Å². The highest BCUT2D eigenvalue weighted by atomic mass is 79.9. The lowest BCUT2D eigenvalue weighted by Crippen LogP contribution is -2.11. The van der Waals surface area contributed by atoms with E-state index in [1.54, 1.807) is 11.3 Å². The lowest BCUT2D eigenvalue weighted by atomic mass is 10.1. The summed E-state index contributed by atoms with van der Waals surface area (Å²) >= 11 is 5.06. The fourth-order valence-electron chi connectivity index (χ4n) is 1.97. The molecule has 21 heavy (non-hydrogen) atoms. The molecule has 1 heterocycles. The summed E-state index contributed by atoms with van der Waals surface area (Å²) in [6.07, 6.45) is 0. The molecule has 0 saturated heterocycles. The average Bonchev–Trinajstić information content (AvgIpc) is 3.04. The van der Waals surface area contributed by atoms with Gasteiger partial charge in [0.1, 0.15) is 0 Å². The number of amides is 1. The molecule has 0 saturated carbocycles. The van der Waals surface area contributed by atoms with Gasteiger partial charge in [0, 0.05) is 20.6 Å². The smallest absolute Gasteiger partial charge is 0.255 e. The summed E-state index contributed by atoms with van der Waals surface area (Å²) in [5, 5.41) is 4.93. The molecule has 3 aromatic rings. The molecule has 4 heteroatoms. The maximum atomic E-state index is 12.2. The Morgan fingerprint density at radius 2 is 1.67 bits per heavy atom. The van der Waals surface area contributed by atoms with Gasteiger partial charge in [0.25, 0.3) is 5.91 Å². The third-order valence-electron chi connectivity index (χ3n) is 3.05. The fraction of sp³-hybridized carbons (Fsp3) is 0. The highest BCUT2D eigenvalue weighted by Crippen LogP contribution is 2.25. The number of anilines is 1. The van der Waals surface area contributed by atoms with Gasteiger partial charge in [0.05, 0.1) is 0 Å². The minimum Gasteiger partial charge on any atom is -0.322 e. The summed E-state index contributed by atoms with van der Waals surface area (Å²) in [5.74, 6) is -0.102. The van der Waals surface area contributed by atoms with Crippen LogP contribution in [0.5, 0.6) is 0 Å². The number of rotatable bonds is 3. The second-order valence-corrected chi connectivity index (χ2v) is 6.38. The maximum absolute atomic E-state index is 12.2. The van der Waals surface area contributed by atoms with Gasteiger partial charge in [-0.2, -0.15) is 0 Å². The van der Waals surface area contributed by atoms with Crippen molar-refractivity contribution in [3.63, 3.8) is 0 Å². The molecular weight excluding hydrogens is 346 g/mol. The van der Waals surface area contributed by atoms with E-state index in [2.05, 4.69) is 27.3 Å². The standard InChI is InChI=1S/C17H12BrNOS/c18-14-7-9-15(10-8-14)19-17(20)13-5-3-12(4-6-13)16-2-1-11-21-16/h1-11H,(H,19,20). The van der Waals surface area contributed by atoms with Crippen LogP contribution in [0.3, 0.4) is 0 Å². The van der Waals surface area contributed by atoms with Gasteiger partial charge in [-0.25, -0.2) is 0 Å². The predicted molar refractivity (Wildman–Crippen MR) is 91.9 cm³/mol. The molecule has 0 fully saturated rings. The summed E-state index contributed by atoms with van der Waals surface area (Å²) < 4.78 is 0.987.